The first kappa shape index (κ1) is 12.8. The van der Waals surface area contributed by atoms with Gasteiger partial charge < -0.3 is 5.32 Å². The van der Waals surface area contributed by atoms with Crippen LogP contribution in [0.4, 0.5) is 0 Å². The summed E-state index contributed by atoms with van der Waals surface area (Å²) in [5.74, 6) is 0. The van der Waals surface area contributed by atoms with Crippen LogP contribution in [0.2, 0.25) is 0 Å². The minimum atomic E-state index is 0.339. The molecule has 2 heteroatoms. The zero-order valence-electron chi connectivity index (χ0n) is 11.3. The number of nitrogens with zero attached hydrogens (tertiary/aromatic N) is 1. The molecule has 1 atom stereocenters. The third kappa shape index (κ3) is 3.17. The molecule has 0 saturated heterocycles. The summed E-state index contributed by atoms with van der Waals surface area (Å²) in [6.45, 7) is 7.22. The summed E-state index contributed by atoms with van der Waals surface area (Å²) in [7, 11) is 0. The van der Waals surface area contributed by atoms with Gasteiger partial charge in [-0.1, -0.05) is 35.9 Å². The Balaban J connectivity index is 2.00. The van der Waals surface area contributed by atoms with Gasteiger partial charge in [-0.15, -0.1) is 0 Å². The lowest BCUT2D eigenvalue weighted by atomic mass is 10.1. The Labute approximate surface area is 109 Å². The lowest BCUT2D eigenvalue weighted by Crippen LogP contribution is -2.19. The number of pyridine rings is 1. The summed E-state index contributed by atoms with van der Waals surface area (Å²) in [6, 6.07) is 13.0. The third-order valence-corrected chi connectivity index (χ3v) is 3.24. The number of aryl methyl sites for hydroxylation is 2. The maximum atomic E-state index is 4.40. The van der Waals surface area contributed by atoms with Crippen LogP contribution in [0.1, 0.15) is 35.3 Å². The first-order valence-electron chi connectivity index (χ1n) is 6.37. The van der Waals surface area contributed by atoms with E-state index in [1.54, 1.807) is 0 Å². The largest absolute Gasteiger partial charge is 0.305 e. The number of hydrogen-bond acceptors (Lipinski definition) is 2. The molecular formula is C16H20N2. The smallest absolute Gasteiger partial charge is 0.0570 e. The molecule has 1 aromatic carbocycles. The Morgan fingerprint density at radius 3 is 2.72 bits per heavy atom. The molecule has 0 fully saturated rings. The maximum Gasteiger partial charge on any atom is 0.0570 e. The number of nitrogens with one attached hydrogen (secondary N) is 1. The van der Waals surface area contributed by atoms with E-state index in [1.165, 1.54) is 16.7 Å². The fourth-order valence-electron chi connectivity index (χ4n) is 2.01. The van der Waals surface area contributed by atoms with Gasteiger partial charge in [-0.3, -0.25) is 4.98 Å². The molecule has 0 bridgehead atoms. The molecule has 0 unspecified atom stereocenters. The fourth-order valence-corrected chi connectivity index (χ4v) is 2.01. The predicted molar refractivity (Wildman–Crippen MR) is 75.4 cm³/mol. The average Bonchev–Trinajstić information content (AvgIpc) is 2.37. The molecule has 2 rings (SSSR count). The molecule has 0 spiro atoms. The van der Waals surface area contributed by atoms with Crippen LogP contribution in [-0.2, 0) is 6.54 Å². The quantitative estimate of drug-likeness (QED) is 0.884. The summed E-state index contributed by atoms with van der Waals surface area (Å²) in [5, 5.41) is 3.52. The molecule has 0 aliphatic heterocycles. The number of benzene rings is 1. The van der Waals surface area contributed by atoms with E-state index in [4.69, 9.17) is 0 Å². The zero-order valence-corrected chi connectivity index (χ0v) is 11.3. The normalized spacial score (nSPS) is 12.4. The molecule has 1 aromatic heterocycles. The highest BCUT2D eigenvalue weighted by atomic mass is 14.9. The Morgan fingerprint density at radius 2 is 2.00 bits per heavy atom. The summed E-state index contributed by atoms with van der Waals surface area (Å²) < 4.78 is 0. The first-order valence-corrected chi connectivity index (χ1v) is 6.37. The van der Waals surface area contributed by atoms with Crippen molar-refractivity contribution in [2.45, 2.75) is 33.4 Å². The highest BCUT2D eigenvalue weighted by molar-refractivity contribution is 5.25. The van der Waals surface area contributed by atoms with Crippen LogP contribution in [0.3, 0.4) is 0 Å². The summed E-state index contributed by atoms with van der Waals surface area (Å²) in [4.78, 5) is 4.40. The van der Waals surface area contributed by atoms with Gasteiger partial charge in [0.25, 0.3) is 0 Å². The maximum absolute atomic E-state index is 4.40. The zero-order chi connectivity index (χ0) is 13.0. The van der Waals surface area contributed by atoms with E-state index in [0.717, 1.165) is 12.2 Å². The summed E-state index contributed by atoms with van der Waals surface area (Å²) in [5.41, 5.74) is 4.98. The Kier molecular flexibility index (Phi) is 4.11. The van der Waals surface area contributed by atoms with E-state index < -0.39 is 0 Å². The van der Waals surface area contributed by atoms with E-state index in [-0.39, 0.29) is 0 Å². The topological polar surface area (TPSA) is 24.9 Å². The molecule has 0 saturated carbocycles. The third-order valence-electron chi connectivity index (χ3n) is 3.24. The Morgan fingerprint density at radius 1 is 1.17 bits per heavy atom. The molecule has 2 aromatic rings. The second kappa shape index (κ2) is 5.78. The van der Waals surface area contributed by atoms with Crippen LogP contribution in [0, 0.1) is 13.8 Å². The standard InChI is InChI=1S/C16H20N2/c1-12-6-4-8-15(10-12)14(3)18-11-16-13(2)7-5-9-17-16/h4-10,14,18H,11H2,1-3H3/t14-/m0/s1. The molecule has 18 heavy (non-hydrogen) atoms. The number of rotatable bonds is 4. The fraction of sp³-hybridized carbons (Fsp3) is 0.312. The van der Waals surface area contributed by atoms with Crippen molar-refractivity contribution in [3.8, 4) is 0 Å². The van der Waals surface area contributed by atoms with Crippen molar-refractivity contribution in [3.05, 3.63) is 65.0 Å². The van der Waals surface area contributed by atoms with Crippen LogP contribution < -0.4 is 5.32 Å². The molecule has 94 valence electrons. The van der Waals surface area contributed by atoms with Gasteiger partial charge in [0.2, 0.25) is 0 Å². The van der Waals surface area contributed by atoms with Gasteiger partial charge in [0, 0.05) is 18.8 Å². The molecule has 0 aliphatic rings. The first-order chi connectivity index (χ1) is 8.66. The van der Waals surface area contributed by atoms with Gasteiger partial charge in [-0.05, 0) is 38.0 Å². The van der Waals surface area contributed by atoms with Crippen molar-refractivity contribution in [2.75, 3.05) is 0 Å². The molecule has 0 aliphatic carbocycles. The van der Waals surface area contributed by atoms with Crippen LogP contribution in [0.15, 0.2) is 42.6 Å². The lowest BCUT2D eigenvalue weighted by molar-refractivity contribution is 0.566. The van der Waals surface area contributed by atoms with Crippen molar-refractivity contribution in [2.24, 2.45) is 0 Å². The minimum absolute atomic E-state index is 0.339. The molecule has 2 nitrogen and oxygen atoms in total. The number of aromatic nitrogens is 1. The SMILES string of the molecule is Cc1cccc([C@H](C)NCc2ncccc2C)c1. The summed E-state index contributed by atoms with van der Waals surface area (Å²) in [6.07, 6.45) is 1.85. The molecule has 0 amide bonds. The highest BCUT2D eigenvalue weighted by Crippen LogP contribution is 2.14. The minimum Gasteiger partial charge on any atom is -0.305 e. The van der Waals surface area contributed by atoms with E-state index in [0.29, 0.717) is 6.04 Å². The van der Waals surface area contributed by atoms with Crippen molar-refractivity contribution in [1.29, 1.82) is 0 Å². The lowest BCUT2D eigenvalue weighted by Gasteiger charge is -2.15. The number of hydrogen-bond donors (Lipinski definition) is 1. The van der Waals surface area contributed by atoms with Crippen LogP contribution in [0.25, 0.3) is 0 Å². The second-order valence-electron chi connectivity index (χ2n) is 4.78. The Hall–Kier alpha value is -1.67. The molecule has 0 radical (unpaired) electrons. The van der Waals surface area contributed by atoms with E-state index >= 15 is 0 Å². The van der Waals surface area contributed by atoms with Crippen molar-refractivity contribution in [3.63, 3.8) is 0 Å². The van der Waals surface area contributed by atoms with Gasteiger partial charge >= 0.3 is 0 Å². The highest BCUT2D eigenvalue weighted by Gasteiger charge is 2.06. The van der Waals surface area contributed by atoms with Crippen molar-refractivity contribution in [1.82, 2.24) is 10.3 Å². The van der Waals surface area contributed by atoms with Crippen molar-refractivity contribution >= 4 is 0 Å². The average molecular weight is 240 g/mol. The van der Waals surface area contributed by atoms with Crippen LogP contribution in [0.5, 0.6) is 0 Å². The van der Waals surface area contributed by atoms with E-state index in [1.807, 2.05) is 12.3 Å². The van der Waals surface area contributed by atoms with Gasteiger partial charge in [0.15, 0.2) is 0 Å². The van der Waals surface area contributed by atoms with Crippen molar-refractivity contribution < 1.29 is 0 Å². The van der Waals surface area contributed by atoms with Gasteiger partial charge in [-0.2, -0.15) is 0 Å². The molecular weight excluding hydrogens is 220 g/mol. The predicted octanol–water partition coefficient (Wildman–Crippen LogP) is 3.55. The summed E-state index contributed by atoms with van der Waals surface area (Å²) >= 11 is 0. The van der Waals surface area contributed by atoms with E-state index in [9.17, 15) is 0 Å². The molecule has 1 N–H and O–H groups in total. The van der Waals surface area contributed by atoms with Crippen LogP contribution in [-0.4, -0.2) is 4.98 Å². The Bertz CT molecular complexity index is 520. The van der Waals surface area contributed by atoms with Gasteiger partial charge in [-0.25, -0.2) is 0 Å². The van der Waals surface area contributed by atoms with Gasteiger partial charge in [0.05, 0.1) is 5.69 Å². The molecule has 1 heterocycles. The van der Waals surface area contributed by atoms with E-state index in [2.05, 4.69) is 61.4 Å². The monoisotopic (exact) mass is 240 g/mol. The second-order valence-corrected chi connectivity index (χ2v) is 4.78. The van der Waals surface area contributed by atoms with Crippen LogP contribution >= 0.6 is 0 Å². The van der Waals surface area contributed by atoms with Gasteiger partial charge in [0.1, 0.15) is 0 Å².